The fourth-order valence-corrected chi connectivity index (χ4v) is 1.73. The molecule has 0 saturated carbocycles. The van der Waals surface area contributed by atoms with Gasteiger partial charge in [-0.15, -0.1) is 0 Å². The number of nitrogens with zero attached hydrogens (tertiary/aromatic N) is 2. The zero-order valence-corrected chi connectivity index (χ0v) is 13.5. The Balaban J connectivity index is 2.97. The normalized spacial score (nSPS) is 12.6. The predicted molar refractivity (Wildman–Crippen MR) is 81.6 cm³/mol. The lowest BCUT2D eigenvalue weighted by molar-refractivity contribution is 0.0628. The maximum absolute atomic E-state index is 5.91. The van der Waals surface area contributed by atoms with Crippen LogP contribution in [0.5, 0.6) is 5.88 Å². The van der Waals surface area contributed by atoms with E-state index >= 15 is 0 Å². The van der Waals surface area contributed by atoms with Gasteiger partial charge in [-0.25, -0.2) is 4.98 Å². The Morgan fingerprint density at radius 1 is 1.15 bits per heavy atom. The summed E-state index contributed by atoms with van der Waals surface area (Å²) in [6, 6.07) is 0. The molecule has 114 valence electrons. The first-order valence-electron chi connectivity index (χ1n) is 7.36. The number of hydrogen-bond acceptors (Lipinski definition) is 5. The van der Waals surface area contributed by atoms with Crippen LogP contribution in [0.3, 0.4) is 0 Å². The summed E-state index contributed by atoms with van der Waals surface area (Å²) in [6.45, 7) is 14.2. The molecule has 0 radical (unpaired) electrons. The van der Waals surface area contributed by atoms with E-state index in [1.54, 1.807) is 0 Å². The van der Waals surface area contributed by atoms with E-state index in [1.165, 1.54) is 0 Å². The summed E-state index contributed by atoms with van der Waals surface area (Å²) in [5.74, 6) is 2.55. The third-order valence-corrected chi connectivity index (χ3v) is 2.85. The molecule has 1 aromatic rings. The minimum Gasteiger partial charge on any atom is -0.472 e. The number of rotatable bonds is 8. The van der Waals surface area contributed by atoms with Crippen molar-refractivity contribution in [1.29, 1.82) is 0 Å². The van der Waals surface area contributed by atoms with Crippen molar-refractivity contribution in [2.45, 2.75) is 53.6 Å². The van der Waals surface area contributed by atoms with Crippen molar-refractivity contribution in [3.8, 4) is 5.88 Å². The molecule has 1 aromatic heterocycles. The van der Waals surface area contributed by atoms with Crippen LogP contribution < -0.4 is 10.1 Å². The SMILES string of the molecule is CCNc1nc(C(C)C)nc(OC(C)COCC)c1C. The molecule has 0 saturated heterocycles. The lowest BCUT2D eigenvalue weighted by atomic mass is 10.2. The predicted octanol–water partition coefficient (Wildman–Crippen LogP) is 3.14. The van der Waals surface area contributed by atoms with Gasteiger partial charge in [-0.3, -0.25) is 0 Å². The molecule has 1 rings (SSSR count). The molecule has 0 amide bonds. The summed E-state index contributed by atoms with van der Waals surface area (Å²) in [7, 11) is 0. The van der Waals surface area contributed by atoms with Crippen molar-refractivity contribution in [3.05, 3.63) is 11.4 Å². The Labute approximate surface area is 122 Å². The highest BCUT2D eigenvalue weighted by Crippen LogP contribution is 2.25. The van der Waals surface area contributed by atoms with Crippen molar-refractivity contribution >= 4 is 5.82 Å². The molecule has 0 aliphatic carbocycles. The van der Waals surface area contributed by atoms with Gasteiger partial charge in [0, 0.05) is 19.1 Å². The average Bonchev–Trinajstić information content (AvgIpc) is 2.40. The van der Waals surface area contributed by atoms with Gasteiger partial charge >= 0.3 is 0 Å². The Morgan fingerprint density at radius 2 is 1.85 bits per heavy atom. The van der Waals surface area contributed by atoms with Crippen LogP contribution in [-0.2, 0) is 4.74 Å². The van der Waals surface area contributed by atoms with Crippen LogP contribution in [0.4, 0.5) is 5.82 Å². The van der Waals surface area contributed by atoms with Gasteiger partial charge in [-0.05, 0) is 27.7 Å². The van der Waals surface area contributed by atoms with Crippen LogP contribution in [0.1, 0.15) is 51.9 Å². The van der Waals surface area contributed by atoms with E-state index in [9.17, 15) is 0 Å². The monoisotopic (exact) mass is 281 g/mol. The van der Waals surface area contributed by atoms with Gasteiger partial charge in [0.25, 0.3) is 0 Å². The molecule has 1 unspecified atom stereocenters. The number of nitrogens with one attached hydrogen (secondary N) is 1. The largest absolute Gasteiger partial charge is 0.472 e. The van der Waals surface area contributed by atoms with E-state index in [0.717, 1.165) is 23.8 Å². The van der Waals surface area contributed by atoms with E-state index < -0.39 is 0 Å². The zero-order chi connectivity index (χ0) is 15.1. The molecule has 1 N–H and O–H groups in total. The van der Waals surface area contributed by atoms with E-state index in [-0.39, 0.29) is 12.0 Å². The Morgan fingerprint density at radius 3 is 2.40 bits per heavy atom. The van der Waals surface area contributed by atoms with E-state index in [2.05, 4.69) is 36.1 Å². The maximum Gasteiger partial charge on any atom is 0.222 e. The Hall–Kier alpha value is -1.36. The summed E-state index contributed by atoms with van der Waals surface area (Å²) in [6.07, 6.45) is -0.0296. The molecule has 5 heteroatoms. The van der Waals surface area contributed by atoms with Crippen LogP contribution in [0.2, 0.25) is 0 Å². The van der Waals surface area contributed by atoms with Crippen molar-refractivity contribution in [2.75, 3.05) is 25.1 Å². The Bertz CT molecular complexity index is 422. The summed E-state index contributed by atoms with van der Waals surface area (Å²) < 4.78 is 11.3. The van der Waals surface area contributed by atoms with Gasteiger partial charge < -0.3 is 14.8 Å². The first kappa shape index (κ1) is 16.7. The molecule has 1 heterocycles. The first-order chi connectivity index (χ1) is 9.49. The number of anilines is 1. The second-order valence-electron chi connectivity index (χ2n) is 5.13. The standard InChI is InChI=1S/C15H27N3O2/c1-7-16-14-12(6)15(18-13(17-14)10(3)4)20-11(5)9-19-8-2/h10-11H,7-9H2,1-6H3,(H,16,17,18). The van der Waals surface area contributed by atoms with Gasteiger partial charge in [-0.1, -0.05) is 13.8 Å². The smallest absolute Gasteiger partial charge is 0.222 e. The molecule has 0 aliphatic heterocycles. The topological polar surface area (TPSA) is 56.3 Å². The van der Waals surface area contributed by atoms with Crippen LogP contribution in [0.15, 0.2) is 0 Å². The van der Waals surface area contributed by atoms with Gasteiger partial charge in [0.2, 0.25) is 5.88 Å². The summed E-state index contributed by atoms with van der Waals surface area (Å²) in [4.78, 5) is 9.09. The molecular formula is C15H27N3O2. The molecule has 0 fully saturated rings. The highest BCUT2D eigenvalue weighted by molar-refractivity contribution is 5.48. The Kier molecular flexibility index (Phi) is 6.71. The maximum atomic E-state index is 5.91. The van der Waals surface area contributed by atoms with Crippen LogP contribution >= 0.6 is 0 Å². The van der Waals surface area contributed by atoms with Crippen LogP contribution in [0.25, 0.3) is 0 Å². The quantitative estimate of drug-likeness (QED) is 0.793. The third kappa shape index (κ3) is 4.63. The summed E-state index contributed by atoms with van der Waals surface area (Å²) in [5.41, 5.74) is 0.944. The lowest BCUT2D eigenvalue weighted by Crippen LogP contribution is -2.21. The molecule has 0 aliphatic rings. The first-order valence-corrected chi connectivity index (χ1v) is 7.36. The van der Waals surface area contributed by atoms with Gasteiger partial charge in [0.1, 0.15) is 17.7 Å². The number of aromatic nitrogens is 2. The third-order valence-electron chi connectivity index (χ3n) is 2.85. The minimum absolute atomic E-state index is 0.0296. The molecule has 0 aromatic carbocycles. The average molecular weight is 281 g/mol. The molecule has 20 heavy (non-hydrogen) atoms. The minimum atomic E-state index is -0.0296. The van der Waals surface area contributed by atoms with E-state index in [1.807, 2.05) is 20.8 Å². The van der Waals surface area contributed by atoms with Crippen molar-refractivity contribution in [1.82, 2.24) is 9.97 Å². The lowest BCUT2D eigenvalue weighted by Gasteiger charge is -2.18. The molecule has 1 atom stereocenters. The van der Waals surface area contributed by atoms with Crippen molar-refractivity contribution < 1.29 is 9.47 Å². The highest BCUT2D eigenvalue weighted by atomic mass is 16.5. The van der Waals surface area contributed by atoms with Crippen molar-refractivity contribution in [2.24, 2.45) is 0 Å². The molecule has 0 bridgehead atoms. The molecule has 0 spiro atoms. The molecule has 5 nitrogen and oxygen atoms in total. The molecular weight excluding hydrogens is 254 g/mol. The fraction of sp³-hybridized carbons (Fsp3) is 0.733. The van der Waals surface area contributed by atoms with Crippen molar-refractivity contribution in [3.63, 3.8) is 0 Å². The van der Waals surface area contributed by atoms with Crippen LogP contribution in [0, 0.1) is 6.92 Å². The number of hydrogen-bond donors (Lipinski definition) is 1. The second-order valence-corrected chi connectivity index (χ2v) is 5.13. The number of ether oxygens (including phenoxy) is 2. The fourth-order valence-electron chi connectivity index (χ4n) is 1.73. The van der Waals surface area contributed by atoms with Gasteiger partial charge in [-0.2, -0.15) is 4.98 Å². The van der Waals surface area contributed by atoms with E-state index in [0.29, 0.717) is 19.1 Å². The zero-order valence-electron chi connectivity index (χ0n) is 13.5. The van der Waals surface area contributed by atoms with Gasteiger partial charge in [0.15, 0.2) is 0 Å². The van der Waals surface area contributed by atoms with Gasteiger partial charge in [0.05, 0.1) is 12.2 Å². The summed E-state index contributed by atoms with van der Waals surface area (Å²) in [5, 5.41) is 3.27. The second kappa shape index (κ2) is 8.04. The van der Waals surface area contributed by atoms with E-state index in [4.69, 9.17) is 9.47 Å². The van der Waals surface area contributed by atoms with Crippen LogP contribution in [-0.4, -0.2) is 35.8 Å². The highest BCUT2D eigenvalue weighted by Gasteiger charge is 2.16. The summed E-state index contributed by atoms with van der Waals surface area (Å²) >= 11 is 0.